The molecule has 0 saturated carbocycles. The number of carbonyl (C=O) groups excluding carboxylic acids is 1. The van der Waals surface area contributed by atoms with Crippen LogP contribution < -0.4 is 5.56 Å². The number of hydrogen-bond acceptors (Lipinski definition) is 5. The fraction of sp³-hybridized carbons (Fsp3) is 0.188. The summed E-state index contributed by atoms with van der Waals surface area (Å²) >= 11 is 0. The number of benzene rings is 3. The molecule has 5 aromatic rings. The second-order valence-corrected chi connectivity index (χ2v) is 9.79. The highest BCUT2D eigenvalue weighted by atomic mass is 16.5. The van der Waals surface area contributed by atoms with E-state index in [1.54, 1.807) is 16.4 Å². The number of aryl methyl sites for hydroxylation is 2. The molecular weight excluding hydrogens is 488 g/mol. The Hall–Kier alpha value is -4.78. The van der Waals surface area contributed by atoms with Gasteiger partial charge in [0.05, 0.1) is 18.3 Å². The van der Waals surface area contributed by atoms with Gasteiger partial charge >= 0.3 is 0 Å². The van der Waals surface area contributed by atoms with E-state index in [1.165, 1.54) is 0 Å². The van der Waals surface area contributed by atoms with Gasteiger partial charge in [0.2, 0.25) is 0 Å². The Morgan fingerprint density at radius 2 is 1.46 bits per heavy atom. The van der Waals surface area contributed by atoms with Gasteiger partial charge in [0.25, 0.3) is 11.5 Å². The number of rotatable bonds is 5. The summed E-state index contributed by atoms with van der Waals surface area (Å²) in [6, 6.07) is 29.3. The first-order valence-electron chi connectivity index (χ1n) is 13.0. The van der Waals surface area contributed by atoms with Gasteiger partial charge in [-0.3, -0.25) is 14.2 Å². The van der Waals surface area contributed by atoms with Crippen molar-refractivity contribution in [1.29, 1.82) is 0 Å². The van der Waals surface area contributed by atoms with Crippen molar-refractivity contribution in [2.24, 2.45) is 0 Å². The van der Waals surface area contributed by atoms with Crippen LogP contribution in [0.2, 0.25) is 0 Å². The van der Waals surface area contributed by atoms with E-state index in [-0.39, 0.29) is 24.1 Å². The molecule has 1 aliphatic heterocycles. The third kappa shape index (κ3) is 4.46. The minimum absolute atomic E-state index is 0.0616. The first-order valence-corrected chi connectivity index (χ1v) is 13.0. The Morgan fingerprint density at radius 3 is 2.08 bits per heavy atom. The molecule has 0 atom stereocenters. The Bertz CT molecular complexity index is 1650. The SMILES string of the molecule is Cc1onc(-c2ccccc2)c1C(=O)N1CCc2c(nc(C)n(C(c3ccccc3)c3ccccc3)c2=O)C1. The van der Waals surface area contributed by atoms with Crippen molar-refractivity contribution >= 4 is 5.91 Å². The van der Waals surface area contributed by atoms with Crippen LogP contribution in [0.1, 0.15) is 50.4 Å². The predicted molar refractivity (Wildman–Crippen MR) is 148 cm³/mol. The van der Waals surface area contributed by atoms with E-state index in [0.29, 0.717) is 47.1 Å². The summed E-state index contributed by atoms with van der Waals surface area (Å²) in [6.07, 6.45) is 0.425. The van der Waals surface area contributed by atoms with E-state index < -0.39 is 0 Å². The molecule has 7 nitrogen and oxygen atoms in total. The summed E-state index contributed by atoms with van der Waals surface area (Å²) in [6.45, 7) is 4.27. The van der Waals surface area contributed by atoms with Crippen LogP contribution >= 0.6 is 0 Å². The van der Waals surface area contributed by atoms with Crippen LogP contribution in [0.15, 0.2) is 100 Å². The van der Waals surface area contributed by atoms with Gasteiger partial charge in [0, 0.05) is 17.7 Å². The molecule has 0 bridgehead atoms. The Balaban J connectivity index is 1.37. The van der Waals surface area contributed by atoms with Crippen molar-refractivity contribution in [3.8, 4) is 11.3 Å². The maximum Gasteiger partial charge on any atom is 0.260 e. The molecule has 3 aromatic carbocycles. The zero-order valence-corrected chi connectivity index (χ0v) is 21.9. The lowest BCUT2D eigenvalue weighted by Gasteiger charge is -2.30. The van der Waals surface area contributed by atoms with Crippen molar-refractivity contribution in [3.05, 3.63) is 141 Å². The van der Waals surface area contributed by atoms with Crippen LogP contribution in [0.4, 0.5) is 0 Å². The topological polar surface area (TPSA) is 81.2 Å². The van der Waals surface area contributed by atoms with Crippen molar-refractivity contribution in [2.45, 2.75) is 32.9 Å². The third-order valence-corrected chi connectivity index (χ3v) is 7.34. The summed E-state index contributed by atoms with van der Waals surface area (Å²) < 4.78 is 7.22. The van der Waals surface area contributed by atoms with Gasteiger partial charge < -0.3 is 9.42 Å². The largest absolute Gasteiger partial charge is 0.360 e. The molecule has 1 aliphatic rings. The molecular formula is C32H28N4O3. The van der Waals surface area contributed by atoms with Gasteiger partial charge in [-0.1, -0.05) is 96.2 Å². The van der Waals surface area contributed by atoms with E-state index >= 15 is 0 Å². The molecule has 6 rings (SSSR count). The maximum atomic E-state index is 14.0. The predicted octanol–water partition coefficient (Wildman–Crippen LogP) is 5.35. The third-order valence-electron chi connectivity index (χ3n) is 7.34. The van der Waals surface area contributed by atoms with Crippen LogP contribution in [0.3, 0.4) is 0 Å². The van der Waals surface area contributed by atoms with Crippen molar-refractivity contribution < 1.29 is 9.32 Å². The van der Waals surface area contributed by atoms with E-state index in [1.807, 2.05) is 97.9 Å². The van der Waals surface area contributed by atoms with E-state index in [4.69, 9.17) is 9.51 Å². The summed E-state index contributed by atoms with van der Waals surface area (Å²) in [5, 5.41) is 4.17. The number of hydrogen-bond donors (Lipinski definition) is 0. The fourth-order valence-electron chi connectivity index (χ4n) is 5.43. The van der Waals surface area contributed by atoms with Crippen LogP contribution in [0, 0.1) is 13.8 Å². The second kappa shape index (κ2) is 10.2. The maximum absolute atomic E-state index is 14.0. The minimum Gasteiger partial charge on any atom is -0.360 e. The molecule has 0 aliphatic carbocycles. The van der Waals surface area contributed by atoms with Crippen LogP contribution in [-0.4, -0.2) is 32.1 Å². The lowest BCUT2D eigenvalue weighted by Crippen LogP contribution is -2.42. The van der Waals surface area contributed by atoms with Gasteiger partial charge in [-0.2, -0.15) is 0 Å². The fourth-order valence-corrected chi connectivity index (χ4v) is 5.43. The van der Waals surface area contributed by atoms with Crippen LogP contribution in [0.5, 0.6) is 0 Å². The first-order chi connectivity index (χ1) is 19.0. The molecule has 0 radical (unpaired) electrons. The Kier molecular flexibility index (Phi) is 6.40. The van der Waals surface area contributed by atoms with Gasteiger partial charge in [-0.25, -0.2) is 4.98 Å². The Morgan fingerprint density at radius 1 is 0.872 bits per heavy atom. The van der Waals surface area contributed by atoms with Gasteiger partial charge in [0.1, 0.15) is 22.8 Å². The van der Waals surface area contributed by atoms with E-state index in [2.05, 4.69) is 5.16 Å². The average molecular weight is 517 g/mol. The number of aromatic nitrogens is 3. The highest BCUT2D eigenvalue weighted by Crippen LogP contribution is 2.30. The normalized spacial score (nSPS) is 12.9. The van der Waals surface area contributed by atoms with Gasteiger partial charge in [-0.15, -0.1) is 0 Å². The number of fused-ring (bicyclic) bond motifs is 1. The molecule has 0 fully saturated rings. The number of carbonyl (C=O) groups is 1. The summed E-state index contributed by atoms with van der Waals surface area (Å²) in [7, 11) is 0. The molecule has 0 unspecified atom stereocenters. The Labute approximate surface area is 226 Å². The molecule has 1 amide bonds. The standard InChI is InChI=1S/C32H28N4O3/c1-21-28(29(34-39-21)23-12-6-3-7-13-23)32(38)35-19-18-26-27(20-35)33-22(2)36(31(26)37)30(24-14-8-4-9-15-24)25-16-10-5-11-17-25/h3-17,30H,18-20H2,1-2H3. The molecule has 39 heavy (non-hydrogen) atoms. The molecule has 0 saturated heterocycles. The number of amides is 1. The van der Waals surface area contributed by atoms with Crippen LogP contribution in [-0.2, 0) is 13.0 Å². The summed E-state index contributed by atoms with van der Waals surface area (Å²) in [5.74, 6) is 0.906. The first kappa shape index (κ1) is 24.6. The number of nitrogens with zero attached hydrogens (tertiary/aromatic N) is 4. The zero-order chi connectivity index (χ0) is 26.9. The smallest absolute Gasteiger partial charge is 0.260 e. The summed E-state index contributed by atoms with van der Waals surface area (Å²) in [4.78, 5) is 34.4. The van der Waals surface area contributed by atoms with Crippen molar-refractivity contribution in [2.75, 3.05) is 6.54 Å². The van der Waals surface area contributed by atoms with E-state index in [0.717, 1.165) is 16.7 Å². The highest BCUT2D eigenvalue weighted by molar-refractivity contribution is 6.00. The molecule has 2 aromatic heterocycles. The van der Waals surface area contributed by atoms with Gasteiger partial charge in [-0.05, 0) is 31.4 Å². The average Bonchev–Trinajstić information content (AvgIpc) is 3.37. The van der Waals surface area contributed by atoms with Crippen molar-refractivity contribution in [1.82, 2.24) is 19.6 Å². The molecule has 7 heteroatoms. The zero-order valence-electron chi connectivity index (χ0n) is 21.9. The molecule has 194 valence electrons. The molecule has 0 spiro atoms. The lowest BCUT2D eigenvalue weighted by atomic mass is 9.97. The second-order valence-electron chi connectivity index (χ2n) is 9.79. The van der Waals surface area contributed by atoms with E-state index in [9.17, 15) is 9.59 Å². The highest BCUT2D eigenvalue weighted by Gasteiger charge is 2.32. The monoisotopic (exact) mass is 516 g/mol. The summed E-state index contributed by atoms with van der Waals surface area (Å²) in [5.41, 5.74) is 5.06. The van der Waals surface area contributed by atoms with Crippen molar-refractivity contribution in [3.63, 3.8) is 0 Å². The quantitative estimate of drug-likeness (QED) is 0.315. The lowest BCUT2D eigenvalue weighted by molar-refractivity contribution is 0.0729. The van der Waals surface area contributed by atoms with Gasteiger partial charge in [0.15, 0.2) is 0 Å². The molecule has 3 heterocycles. The minimum atomic E-state index is -0.301. The van der Waals surface area contributed by atoms with Crippen LogP contribution in [0.25, 0.3) is 11.3 Å². The molecule has 0 N–H and O–H groups in total.